The van der Waals surface area contributed by atoms with Gasteiger partial charge in [-0.1, -0.05) is 120 Å². The maximum Gasteiger partial charge on any atom is 0.106 e. The minimum absolute atomic E-state index is 0.0196. The van der Waals surface area contributed by atoms with Gasteiger partial charge in [0.05, 0.1) is 0 Å². The summed E-state index contributed by atoms with van der Waals surface area (Å²) in [5.41, 5.74) is 6.49. The van der Waals surface area contributed by atoms with E-state index in [0.29, 0.717) is 0 Å². The number of unbranched alkanes of at least 4 members (excludes halogenated alkanes) is 14. The van der Waals surface area contributed by atoms with Crippen LogP contribution < -0.4 is 5.73 Å². The molecule has 2 N–H and O–H groups in total. The molecular formula is C26H48N2S2. The molecule has 1 heterocycles. The van der Waals surface area contributed by atoms with Gasteiger partial charge in [-0.3, -0.25) is 0 Å². The first-order chi connectivity index (χ1) is 14.6. The third-order valence-electron chi connectivity index (χ3n) is 5.89. The standard InChI is InChI=1S/C26H48N2S2/c1-3-4-5-6-7-8-9-10-11-12-13-14-15-16-18-21-26(2,27)22-24-29-30-25-20-17-19-23-28-25/h17,19-20,23H,3-16,18,21-22,24,27H2,1-2H3/t26-/m0/s1. The fourth-order valence-corrected chi connectivity index (χ4v) is 5.95. The van der Waals surface area contributed by atoms with E-state index in [1.54, 1.807) is 10.8 Å². The number of pyridine rings is 1. The quantitative estimate of drug-likeness (QED) is 0.149. The van der Waals surface area contributed by atoms with Crippen molar-refractivity contribution >= 4 is 21.6 Å². The smallest absolute Gasteiger partial charge is 0.106 e. The van der Waals surface area contributed by atoms with Crippen molar-refractivity contribution in [3.63, 3.8) is 0 Å². The molecule has 0 aliphatic rings. The van der Waals surface area contributed by atoms with Crippen LogP contribution in [-0.4, -0.2) is 16.3 Å². The predicted octanol–water partition coefficient (Wildman–Crippen LogP) is 9.19. The van der Waals surface area contributed by atoms with Crippen molar-refractivity contribution in [2.75, 3.05) is 5.75 Å². The summed E-state index contributed by atoms with van der Waals surface area (Å²) in [6.07, 6.45) is 25.4. The maximum atomic E-state index is 6.51. The molecule has 0 saturated carbocycles. The van der Waals surface area contributed by atoms with Crippen LogP contribution in [-0.2, 0) is 0 Å². The molecule has 30 heavy (non-hydrogen) atoms. The number of aromatic nitrogens is 1. The summed E-state index contributed by atoms with van der Waals surface area (Å²) in [7, 11) is 3.63. The third kappa shape index (κ3) is 17.5. The van der Waals surface area contributed by atoms with Crippen LogP contribution in [0.2, 0.25) is 0 Å². The van der Waals surface area contributed by atoms with E-state index >= 15 is 0 Å². The highest BCUT2D eigenvalue weighted by molar-refractivity contribution is 8.76. The van der Waals surface area contributed by atoms with Gasteiger partial charge in [0.1, 0.15) is 5.03 Å². The second-order valence-corrected chi connectivity index (χ2v) is 11.6. The Labute approximate surface area is 195 Å². The Morgan fingerprint density at radius 2 is 1.30 bits per heavy atom. The minimum Gasteiger partial charge on any atom is -0.325 e. The summed E-state index contributed by atoms with van der Waals surface area (Å²) in [6.45, 7) is 4.52. The minimum atomic E-state index is -0.0196. The van der Waals surface area contributed by atoms with Crippen LogP contribution in [0.25, 0.3) is 0 Å². The van der Waals surface area contributed by atoms with Crippen molar-refractivity contribution in [3.05, 3.63) is 24.4 Å². The molecule has 0 fully saturated rings. The predicted molar refractivity (Wildman–Crippen MR) is 139 cm³/mol. The van der Waals surface area contributed by atoms with E-state index in [-0.39, 0.29) is 5.54 Å². The van der Waals surface area contributed by atoms with Crippen LogP contribution in [0, 0.1) is 0 Å². The Hall–Kier alpha value is -0.190. The van der Waals surface area contributed by atoms with Gasteiger partial charge in [-0.15, -0.1) is 0 Å². The number of hydrogen-bond donors (Lipinski definition) is 1. The summed E-state index contributed by atoms with van der Waals surface area (Å²) in [5, 5.41) is 1.09. The molecule has 174 valence electrons. The fraction of sp³-hybridized carbons (Fsp3) is 0.808. The molecular weight excluding hydrogens is 404 g/mol. The monoisotopic (exact) mass is 452 g/mol. The summed E-state index contributed by atoms with van der Waals surface area (Å²) in [6, 6.07) is 6.07. The van der Waals surface area contributed by atoms with Crippen molar-refractivity contribution in [3.8, 4) is 0 Å². The molecule has 0 aliphatic heterocycles. The largest absolute Gasteiger partial charge is 0.325 e. The summed E-state index contributed by atoms with van der Waals surface area (Å²) in [4.78, 5) is 4.35. The second kappa shape index (κ2) is 19.5. The maximum absolute atomic E-state index is 6.51. The van der Waals surface area contributed by atoms with Crippen molar-refractivity contribution in [1.82, 2.24) is 4.98 Å². The molecule has 0 unspecified atom stereocenters. The summed E-state index contributed by atoms with van der Waals surface area (Å²) < 4.78 is 0. The van der Waals surface area contributed by atoms with E-state index in [9.17, 15) is 0 Å². The molecule has 0 saturated heterocycles. The number of rotatable bonds is 21. The van der Waals surface area contributed by atoms with E-state index in [0.717, 1.165) is 23.6 Å². The van der Waals surface area contributed by atoms with Gasteiger partial charge in [0.25, 0.3) is 0 Å². The van der Waals surface area contributed by atoms with Gasteiger partial charge >= 0.3 is 0 Å². The number of nitrogens with two attached hydrogens (primary N) is 1. The number of nitrogens with zero attached hydrogens (tertiary/aromatic N) is 1. The normalized spacial score (nSPS) is 13.4. The molecule has 0 aromatic carbocycles. The van der Waals surface area contributed by atoms with Gasteiger partial charge < -0.3 is 5.73 Å². The van der Waals surface area contributed by atoms with E-state index < -0.39 is 0 Å². The van der Waals surface area contributed by atoms with Gasteiger partial charge in [0.15, 0.2) is 0 Å². The van der Waals surface area contributed by atoms with Crippen molar-refractivity contribution < 1.29 is 0 Å². The molecule has 0 amide bonds. The first-order valence-corrected chi connectivity index (χ1v) is 15.0. The van der Waals surface area contributed by atoms with E-state index in [1.807, 2.05) is 29.1 Å². The van der Waals surface area contributed by atoms with Gasteiger partial charge in [-0.05, 0) is 42.7 Å². The van der Waals surface area contributed by atoms with E-state index in [4.69, 9.17) is 5.73 Å². The lowest BCUT2D eigenvalue weighted by Crippen LogP contribution is -2.36. The molecule has 0 radical (unpaired) electrons. The zero-order valence-corrected chi connectivity index (χ0v) is 21.5. The first kappa shape index (κ1) is 27.8. The Morgan fingerprint density at radius 3 is 1.80 bits per heavy atom. The van der Waals surface area contributed by atoms with Crippen LogP contribution >= 0.6 is 21.6 Å². The zero-order valence-electron chi connectivity index (χ0n) is 19.9. The molecule has 1 aromatic heterocycles. The number of hydrogen-bond acceptors (Lipinski definition) is 4. The third-order valence-corrected chi connectivity index (χ3v) is 8.16. The highest BCUT2D eigenvalue weighted by Crippen LogP contribution is 2.31. The fourth-order valence-electron chi connectivity index (χ4n) is 3.80. The van der Waals surface area contributed by atoms with Crippen LogP contribution in [0.4, 0.5) is 0 Å². The SMILES string of the molecule is CCCCCCCCCCCCCCCCC[C@](C)(N)CCSSc1ccccn1. The molecule has 1 rings (SSSR count). The highest BCUT2D eigenvalue weighted by atomic mass is 33.1. The average Bonchev–Trinajstić information content (AvgIpc) is 2.75. The van der Waals surface area contributed by atoms with Crippen LogP contribution in [0.5, 0.6) is 0 Å². The van der Waals surface area contributed by atoms with Crippen molar-refractivity contribution in [1.29, 1.82) is 0 Å². The van der Waals surface area contributed by atoms with Gasteiger partial charge in [0, 0.05) is 17.5 Å². The summed E-state index contributed by atoms with van der Waals surface area (Å²) in [5.74, 6) is 1.09. The lowest BCUT2D eigenvalue weighted by atomic mass is 9.92. The topological polar surface area (TPSA) is 38.9 Å². The van der Waals surface area contributed by atoms with Gasteiger partial charge in [-0.2, -0.15) is 0 Å². The average molecular weight is 453 g/mol. The first-order valence-electron chi connectivity index (χ1n) is 12.6. The lowest BCUT2D eigenvalue weighted by molar-refractivity contribution is 0.397. The zero-order chi connectivity index (χ0) is 21.8. The van der Waals surface area contributed by atoms with Crippen LogP contribution in [0.3, 0.4) is 0 Å². The second-order valence-electron chi connectivity index (χ2n) is 9.18. The molecule has 4 heteroatoms. The molecule has 1 aromatic rings. The molecule has 2 nitrogen and oxygen atoms in total. The molecule has 1 atom stereocenters. The molecule has 0 spiro atoms. The Bertz CT molecular complexity index is 479. The van der Waals surface area contributed by atoms with Gasteiger partial charge in [-0.25, -0.2) is 4.98 Å². The van der Waals surface area contributed by atoms with Crippen molar-refractivity contribution in [2.45, 2.75) is 134 Å². The summed E-state index contributed by atoms with van der Waals surface area (Å²) >= 11 is 0. The van der Waals surface area contributed by atoms with E-state index in [1.165, 1.54) is 96.3 Å². The lowest BCUT2D eigenvalue weighted by Gasteiger charge is -2.24. The van der Waals surface area contributed by atoms with Crippen molar-refractivity contribution in [2.24, 2.45) is 5.73 Å². The Kier molecular flexibility index (Phi) is 18.1. The molecule has 0 aliphatic carbocycles. The Balaban J connectivity index is 1.83. The van der Waals surface area contributed by atoms with Crippen LogP contribution in [0.1, 0.15) is 123 Å². The highest BCUT2D eigenvalue weighted by Gasteiger charge is 2.17. The Morgan fingerprint density at radius 1 is 0.767 bits per heavy atom. The molecule has 0 bridgehead atoms. The van der Waals surface area contributed by atoms with E-state index in [2.05, 4.69) is 24.9 Å². The van der Waals surface area contributed by atoms with Gasteiger partial charge in [0.2, 0.25) is 0 Å². The van der Waals surface area contributed by atoms with Crippen LogP contribution in [0.15, 0.2) is 29.4 Å².